The van der Waals surface area contributed by atoms with Crippen molar-refractivity contribution in [1.82, 2.24) is 14.4 Å². The molecule has 0 bridgehead atoms. The number of carbonyl (C=O) groups is 2. The molecule has 0 aliphatic heterocycles. The lowest BCUT2D eigenvalue weighted by atomic mass is 10.1. The number of alkyl halides is 3. The number of rotatable bonds is 12. The molecule has 0 spiro atoms. The van der Waals surface area contributed by atoms with Gasteiger partial charge in [0.15, 0.2) is 0 Å². The van der Waals surface area contributed by atoms with Crippen LogP contribution >= 0.6 is 0 Å². The largest absolute Gasteiger partial charge is 0.416 e. The Kier molecular flexibility index (Phi) is 10.6. The quantitative estimate of drug-likeness (QED) is 0.238. The zero-order valence-electron chi connectivity index (χ0n) is 24.0. The Morgan fingerprint density at radius 1 is 0.975 bits per heavy atom. The Balaban J connectivity index is 1.84. The first kappa shape index (κ1) is 31.0. The summed E-state index contributed by atoms with van der Waals surface area (Å²) in [5.74, 6) is -0.559. The predicted octanol–water partition coefficient (Wildman–Crippen LogP) is 7.18. The number of aromatic nitrogens is 1. The van der Waals surface area contributed by atoms with Crippen LogP contribution in [0.5, 0.6) is 0 Å². The molecule has 216 valence electrons. The molecular formula is C32H40F3N3O2. The highest BCUT2D eigenvalue weighted by Crippen LogP contribution is 2.30. The lowest BCUT2D eigenvalue weighted by Gasteiger charge is -2.32. The molecule has 1 atom stereocenters. The molecule has 5 nitrogen and oxygen atoms in total. The standard InChI is InChI=1S/C32H40F3N3O2/c1-6-25(5)38(21-29-15-10-17-36(29)20-27-12-8-7-11-24(27)4)30(39)22-37(18-16-23(2)3)31(40)26-13-9-14-28(19-26)32(33,34)35/h7-15,17,19,23,25H,6,16,18,20-22H2,1-5H3. The summed E-state index contributed by atoms with van der Waals surface area (Å²) in [7, 11) is 0. The summed E-state index contributed by atoms with van der Waals surface area (Å²) < 4.78 is 42.1. The van der Waals surface area contributed by atoms with Crippen molar-refractivity contribution in [2.45, 2.75) is 72.8 Å². The molecule has 0 aliphatic carbocycles. The molecule has 1 aromatic heterocycles. The van der Waals surface area contributed by atoms with Gasteiger partial charge in [-0.3, -0.25) is 9.59 Å². The van der Waals surface area contributed by atoms with Crippen LogP contribution in [0.4, 0.5) is 13.2 Å². The topological polar surface area (TPSA) is 45.6 Å². The van der Waals surface area contributed by atoms with Crippen LogP contribution in [0.25, 0.3) is 0 Å². The first-order chi connectivity index (χ1) is 18.9. The average molecular weight is 556 g/mol. The molecule has 0 saturated heterocycles. The molecule has 2 amide bonds. The van der Waals surface area contributed by atoms with Crippen LogP contribution < -0.4 is 0 Å². The van der Waals surface area contributed by atoms with Crippen molar-refractivity contribution in [2.75, 3.05) is 13.1 Å². The van der Waals surface area contributed by atoms with Crippen molar-refractivity contribution < 1.29 is 22.8 Å². The Bertz CT molecular complexity index is 1280. The summed E-state index contributed by atoms with van der Waals surface area (Å²) >= 11 is 0. The lowest BCUT2D eigenvalue weighted by molar-refractivity contribution is -0.137. The van der Waals surface area contributed by atoms with E-state index in [1.807, 2.05) is 58.2 Å². The third kappa shape index (κ3) is 8.23. The van der Waals surface area contributed by atoms with Gasteiger partial charge in [-0.25, -0.2) is 0 Å². The van der Waals surface area contributed by atoms with Gasteiger partial charge in [0.25, 0.3) is 5.91 Å². The number of halogens is 3. The van der Waals surface area contributed by atoms with Crippen molar-refractivity contribution >= 4 is 11.8 Å². The van der Waals surface area contributed by atoms with Gasteiger partial charge in [-0.1, -0.05) is 51.1 Å². The van der Waals surface area contributed by atoms with E-state index in [2.05, 4.69) is 23.6 Å². The highest BCUT2D eigenvalue weighted by atomic mass is 19.4. The minimum Gasteiger partial charge on any atom is -0.345 e. The molecule has 3 aromatic rings. The molecule has 1 heterocycles. The molecule has 40 heavy (non-hydrogen) atoms. The van der Waals surface area contributed by atoms with Crippen molar-refractivity contribution in [3.8, 4) is 0 Å². The van der Waals surface area contributed by atoms with Gasteiger partial charge in [0.2, 0.25) is 5.91 Å². The molecule has 0 aliphatic rings. The van der Waals surface area contributed by atoms with Crippen molar-refractivity contribution in [3.63, 3.8) is 0 Å². The number of aryl methyl sites for hydroxylation is 1. The SMILES string of the molecule is CCC(C)N(Cc1cccn1Cc1ccccc1C)C(=O)CN(CCC(C)C)C(=O)c1cccc(C(F)(F)F)c1. The molecule has 3 rings (SSSR count). The molecule has 0 fully saturated rings. The van der Waals surface area contributed by atoms with E-state index in [1.165, 1.54) is 28.2 Å². The molecule has 0 radical (unpaired) electrons. The summed E-state index contributed by atoms with van der Waals surface area (Å²) in [5, 5.41) is 0. The van der Waals surface area contributed by atoms with Crippen molar-refractivity contribution in [2.24, 2.45) is 5.92 Å². The molecule has 2 aromatic carbocycles. The Morgan fingerprint density at radius 3 is 2.35 bits per heavy atom. The van der Waals surface area contributed by atoms with Crippen LogP contribution in [-0.2, 0) is 24.1 Å². The second kappa shape index (κ2) is 13.7. The smallest absolute Gasteiger partial charge is 0.345 e. The molecular weight excluding hydrogens is 515 g/mol. The van der Waals surface area contributed by atoms with Gasteiger partial charge in [0, 0.05) is 36.6 Å². The van der Waals surface area contributed by atoms with Crippen LogP contribution in [-0.4, -0.2) is 45.3 Å². The van der Waals surface area contributed by atoms with Crippen LogP contribution in [0.15, 0.2) is 66.9 Å². The van der Waals surface area contributed by atoms with E-state index in [-0.39, 0.29) is 36.5 Å². The zero-order valence-corrected chi connectivity index (χ0v) is 24.0. The summed E-state index contributed by atoms with van der Waals surface area (Å²) in [5.41, 5.74) is 2.38. The number of hydrogen-bond acceptors (Lipinski definition) is 2. The average Bonchev–Trinajstić information content (AvgIpc) is 3.35. The molecule has 1 unspecified atom stereocenters. The summed E-state index contributed by atoms with van der Waals surface area (Å²) in [6.07, 6.45) is -1.22. The summed E-state index contributed by atoms with van der Waals surface area (Å²) in [6.45, 7) is 11.2. The molecule has 0 N–H and O–H groups in total. The Morgan fingerprint density at radius 2 is 1.70 bits per heavy atom. The summed E-state index contributed by atoms with van der Waals surface area (Å²) in [4.78, 5) is 30.3. The van der Waals surface area contributed by atoms with Gasteiger partial charge < -0.3 is 14.4 Å². The van der Waals surface area contributed by atoms with Crippen LogP contribution in [0.2, 0.25) is 0 Å². The number of amides is 2. The number of benzene rings is 2. The fourth-order valence-electron chi connectivity index (χ4n) is 4.53. The van der Waals surface area contributed by atoms with E-state index in [4.69, 9.17) is 0 Å². The lowest BCUT2D eigenvalue weighted by Crippen LogP contribution is -2.46. The molecule has 8 heteroatoms. The number of carbonyl (C=O) groups excluding carboxylic acids is 2. The predicted molar refractivity (Wildman–Crippen MR) is 152 cm³/mol. The minimum absolute atomic E-state index is 0.0754. The van der Waals surface area contributed by atoms with Gasteiger partial charge in [0.1, 0.15) is 6.54 Å². The summed E-state index contributed by atoms with van der Waals surface area (Å²) in [6, 6.07) is 16.4. The zero-order chi connectivity index (χ0) is 29.4. The maximum atomic E-state index is 13.8. The number of hydrogen-bond donors (Lipinski definition) is 0. The van der Waals surface area contributed by atoms with E-state index in [0.29, 0.717) is 19.5 Å². The van der Waals surface area contributed by atoms with E-state index in [1.54, 1.807) is 4.90 Å². The van der Waals surface area contributed by atoms with Gasteiger partial charge in [-0.15, -0.1) is 0 Å². The maximum absolute atomic E-state index is 13.8. The minimum atomic E-state index is -4.56. The molecule has 0 saturated carbocycles. The second-order valence-electron chi connectivity index (χ2n) is 10.8. The van der Waals surface area contributed by atoms with Crippen LogP contribution in [0.1, 0.15) is 73.3 Å². The monoisotopic (exact) mass is 555 g/mol. The number of nitrogens with zero attached hydrogens (tertiary/aromatic N) is 3. The third-order valence-corrected chi connectivity index (χ3v) is 7.33. The Labute approximate surface area is 235 Å². The first-order valence-corrected chi connectivity index (χ1v) is 13.8. The Hall–Kier alpha value is -3.55. The van der Waals surface area contributed by atoms with Crippen molar-refractivity contribution in [3.05, 3.63) is 94.8 Å². The van der Waals surface area contributed by atoms with Crippen LogP contribution in [0.3, 0.4) is 0 Å². The van der Waals surface area contributed by atoms with E-state index < -0.39 is 17.6 Å². The highest BCUT2D eigenvalue weighted by Gasteiger charge is 2.32. The third-order valence-electron chi connectivity index (χ3n) is 7.33. The van der Waals surface area contributed by atoms with Crippen LogP contribution in [0, 0.1) is 12.8 Å². The fourth-order valence-corrected chi connectivity index (χ4v) is 4.53. The van der Waals surface area contributed by atoms with Gasteiger partial charge in [-0.2, -0.15) is 13.2 Å². The van der Waals surface area contributed by atoms with Gasteiger partial charge >= 0.3 is 6.18 Å². The normalized spacial score (nSPS) is 12.4. The fraction of sp³-hybridized carbons (Fsp3) is 0.438. The van der Waals surface area contributed by atoms with E-state index in [0.717, 1.165) is 24.2 Å². The second-order valence-corrected chi connectivity index (χ2v) is 10.8. The van der Waals surface area contributed by atoms with Gasteiger partial charge in [0.05, 0.1) is 12.1 Å². The highest BCUT2D eigenvalue weighted by molar-refractivity contribution is 5.96. The first-order valence-electron chi connectivity index (χ1n) is 13.8. The van der Waals surface area contributed by atoms with E-state index >= 15 is 0 Å². The van der Waals surface area contributed by atoms with E-state index in [9.17, 15) is 22.8 Å². The van der Waals surface area contributed by atoms with Crippen molar-refractivity contribution in [1.29, 1.82) is 0 Å². The van der Waals surface area contributed by atoms with Gasteiger partial charge in [-0.05, 0) is 74.1 Å². The maximum Gasteiger partial charge on any atom is 0.416 e.